The lowest BCUT2D eigenvalue weighted by Gasteiger charge is -2.04. The van der Waals surface area contributed by atoms with Crippen molar-refractivity contribution in [1.82, 2.24) is 0 Å². The van der Waals surface area contributed by atoms with Crippen LogP contribution in [0.25, 0.3) is 0 Å². The van der Waals surface area contributed by atoms with E-state index in [9.17, 15) is 4.39 Å². The summed E-state index contributed by atoms with van der Waals surface area (Å²) >= 11 is 0. The first kappa shape index (κ1) is 15.2. The highest BCUT2D eigenvalue weighted by Crippen LogP contribution is 2.14. The van der Waals surface area contributed by atoms with Gasteiger partial charge in [0.05, 0.1) is 0 Å². The molecule has 1 aromatic carbocycles. The lowest BCUT2D eigenvalue weighted by atomic mass is 10.3. The first-order valence-corrected chi connectivity index (χ1v) is 5.54. The van der Waals surface area contributed by atoms with E-state index < -0.39 is 0 Å². The molecule has 0 aromatic heterocycles. The van der Waals surface area contributed by atoms with Crippen LogP contribution in [0.3, 0.4) is 0 Å². The largest absolute Gasteiger partial charge is 0.458 e. The lowest BCUT2D eigenvalue weighted by molar-refractivity contribution is 0.445. The first-order valence-electron chi connectivity index (χ1n) is 5.54. The average molecular weight is 234 g/mol. The van der Waals surface area contributed by atoms with Crippen LogP contribution in [-0.2, 0) is 0 Å². The van der Waals surface area contributed by atoms with E-state index in [-0.39, 0.29) is 5.82 Å². The van der Waals surface area contributed by atoms with Crippen LogP contribution in [0.15, 0.2) is 60.9 Å². The number of ether oxygens (including phenoxy) is 1. The van der Waals surface area contributed by atoms with Crippen LogP contribution in [0.1, 0.15) is 20.8 Å². The third kappa shape index (κ3) is 7.12. The van der Waals surface area contributed by atoms with Gasteiger partial charge in [0, 0.05) is 0 Å². The third-order valence-electron chi connectivity index (χ3n) is 1.62. The smallest absolute Gasteiger partial charge is 0.127 e. The van der Waals surface area contributed by atoms with Gasteiger partial charge in [-0.2, -0.15) is 0 Å². The molecular weight excluding hydrogens is 215 g/mol. The zero-order valence-electron chi connectivity index (χ0n) is 10.7. The topological polar surface area (TPSA) is 9.23 Å². The molecule has 2 heteroatoms. The van der Waals surface area contributed by atoms with Gasteiger partial charge in [-0.25, -0.2) is 4.39 Å². The predicted octanol–water partition coefficient (Wildman–Crippen LogP) is 4.88. The van der Waals surface area contributed by atoms with E-state index in [1.54, 1.807) is 24.3 Å². The maximum atomic E-state index is 12.6. The highest BCUT2D eigenvalue weighted by molar-refractivity contribution is 5.27. The van der Waals surface area contributed by atoms with Crippen LogP contribution in [0.2, 0.25) is 0 Å². The molecule has 0 unspecified atom stereocenters. The van der Waals surface area contributed by atoms with Gasteiger partial charge in [0.25, 0.3) is 0 Å². The normalized spacial score (nSPS) is 9.41. The summed E-state index contributed by atoms with van der Waals surface area (Å²) in [5.74, 6) is 0.766. The summed E-state index contributed by atoms with van der Waals surface area (Å²) in [6.07, 6.45) is 3.51. The summed E-state index contributed by atoms with van der Waals surface area (Å²) in [4.78, 5) is 0. The monoisotopic (exact) mass is 234 g/mol. The second-order valence-electron chi connectivity index (χ2n) is 3.20. The average Bonchev–Trinajstić information content (AvgIpc) is 2.32. The second kappa shape index (κ2) is 8.34. The Morgan fingerprint density at radius 1 is 1.12 bits per heavy atom. The molecular formula is C15H19FO. The maximum absolute atomic E-state index is 12.6. The van der Waals surface area contributed by atoms with Gasteiger partial charge in [-0.3, -0.25) is 0 Å². The minimum atomic E-state index is -0.287. The Labute approximate surface area is 103 Å². The van der Waals surface area contributed by atoms with Crippen molar-refractivity contribution in [3.05, 3.63) is 66.7 Å². The highest BCUT2D eigenvalue weighted by atomic mass is 19.1. The van der Waals surface area contributed by atoms with E-state index in [4.69, 9.17) is 4.74 Å². The van der Waals surface area contributed by atoms with Gasteiger partial charge in [-0.1, -0.05) is 38.7 Å². The minimum Gasteiger partial charge on any atom is -0.458 e. The fourth-order valence-corrected chi connectivity index (χ4v) is 0.923. The van der Waals surface area contributed by atoms with Crippen LogP contribution >= 0.6 is 0 Å². The van der Waals surface area contributed by atoms with Crippen molar-refractivity contribution >= 4 is 0 Å². The number of benzene rings is 1. The molecule has 0 saturated carbocycles. The van der Waals surface area contributed by atoms with Crippen molar-refractivity contribution in [3.63, 3.8) is 0 Å². The van der Waals surface area contributed by atoms with Gasteiger partial charge in [0.1, 0.15) is 17.3 Å². The molecule has 0 aliphatic heterocycles. The van der Waals surface area contributed by atoms with Gasteiger partial charge in [-0.15, -0.1) is 0 Å². The quantitative estimate of drug-likeness (QED) is 0.533. The van der Waals surface area contributed by atoms with E-state index in [0.29, 0.717) is 11.5 Å². The van der Waals surface area contributed by atoms with Gasteiger partial charge < -0.3 is 4.74 Å². The summed E-state index contributed by atoms with van der Waals surface area (Å²) in [5, 5.41) is 0. The van der Waals surface area contributed by atoms with Gasteiger partial charge >= 0.3 is 0 Å². The standard InChI is InChI=1S/C13H13FO.C2H6/c1-10(2)4-5-11(3)15-13-8-6-12(14)7-9-13;1-2/h4-9H,1,3H2,2H3;1-2H3/b5-4-;. The van der Waals surface area contributed by atoms with E-state index in [2.05, 4.69) is 13.2 Å². The number of hydrogen-bond donors (Lipinski definition) is 0. The zero-order chi connectivity index (χ0) is 13.3. The highest BCUT2D eigenvalue weighted by Gasteiger charge is 1.95. The van der Waals surface area contributed by atoms with E-state index in [0.717, 1.165) is 5.57 Å². The Kier molecular flexibility index (Phi) is 7.44. The molecule has 0 aliphatic rings. The molecule has 0 bridgehead atoms. The number of allylic oxidation sites excluding steroid dienone is 3. The molecule has 0 saturated heterocycles. The summed E-state index contributed by atoms with van der Waals surface area (Å²) < 4.78 is 17.9. The van der Waals surface area contributed by atoms with Crippen molar-refractivity contribution in [2.75, 3.05) is 0 Å². The van der Waals surface area contributed by atoms with Crippen LogP contribution < -0.4 is 4.74 Å². The molecule has 0 aliphatic carbocycles. The summed E-state index contributed by atoms with van der Waals surface area (Å²) in [6, 6.07) is 5.78. The molecule has 1 rings (SSSR count). The Balaban J connectivity index is 0.00000121. The third-order valence-corrected chi connectivity index (χ3v) is 1.62. The molecule has 0 fully saturated rings. The summed E-state index contributed by atoms with van der Waals surface area (Å²) in [5.41, 5.74) is 0.916. The maximum Gasteiger partial charge on any atom is 0.127 e. The number of rotatable bonds is 4. The SMILES string of the molecule is C=C(C)/C=C\C(=C)Oc1ccc(F)cc1.CC. The number of hydrogen-bond acceptors (Lipinski definition) is 1. The van der Waals surface area contributed by atoms with Gasteiger partial charge in [0.2, 0.25) is 0 Å². The zero-order valence-corrected chi connectivity index (χ0v) is 10.7. The lowest BCUT2D eigenvalue weighted by Crippen LogP contribution is -1.90. The van der Waals surface area contributed by atoms with Crippen molar-refractivity contribution < 1.29 is 9.13 Å². The molecule has 92 valence electrons. The molecule has 1 nitrogen and oxygen atoms in total. The summed E-state index contributed by atoms with van der Waals surface area (Å²) in [6.45, 7) is 13.3. The Morgan fingerprint density at radius 3 is 2.12 bits per heavy atom. The second-order valence-corrected chi connectivity index (χ2v) is 3.20. The van der Waals surface area contributed by atoms with Crippen molar-refractivity contribution in [2.24, 2.45) is 0 Å². The van der Waals surface area contributed by atoms with Crippen LogP contribution in [-0.4, -0.2) is 0 Å². The molecule has 0 atom stereocenters. The number of halogens is 1. The molecule has 1 aromatic rings. The van der Waals surface area contributed by atoms with E-state index >= 15 is 0 Å². The predicted molar refractivity (Wildman–Crippen MR) is 71.5 cm³/mol. The van der Waals surface area contributed by atoms with Gasteiger partial charge in [0.15, 0.2) is 0 Å². The van der Waals surface area contributed by atoms with Crippen molar-refractivity contribution in [2.45, 2.75) is 20.8 Å². The molecule has 0 heterocycles. The van der Waals surface area contributed by atoms with Crippen LogP contribution in [0.5, 0.6) is 5.75 Å². The molecule has 17 heavy (non-hydrogen) atoms. The molecule has 0 spiro atoms. The minimum absolute atomic E-state index is 0.287. The van der Waals surface area contributed by atoms with Gasteiger partial charge in [-0.05, 0) is 37.3 Å². The van der Waals surface area contributed by atoms with Crippen molar-refractivity contribution in [3.8, 4) is 5.75 Å². The van der Waals surface area contributed by atoms with Crippen LogP contribution in [0.4, 0.5) is 4.39 Å². The van der Waals surface area contributed by atoms with Crippen molar-refractivity contribution in [1.29, 1.82) is 0 Å². The fraction of sp³-hybridized carbons (Fsp3) is 0.200. The van der Waals surface area contributed by atoms with E-state index in [1.807, 2.05) is 20.8 Å². The Morgan fingerprint density at radius 2 is 1.65 bits per heavy atom. The van der Waals surface area contributed by atoms with Crippen LogP contribution in [0, 0.1) is 5.82 Å². The Hall–Kier alpha value is -1.83. The Bertz CT molecular complexity index is 388. The van der Waals surface area contributed by atoms with E-state index in [1.165, 1.54) is 12.1 Å². The molecule has 0 N–H and O–H groups in total. The summed E-state index contributed by atoms with van der Waals surface area (Å²) in [7, 11) is 0. The first-order chi connectivity index (χ1) is 8.08. The fourth-order valence-electron chi connectivity index (χ4n) is 0.923. The molecule has 0 radical (unpaired) electrons. The molecule has 0 amide bonds.